The predicted molar refractivity (Wildman–Crippen MR) is 543 cm³/mol. The molecule has 4 amide bonds. The Labute approximate surface area is 797 Å². The zero-order chi connectivity index (χ0) is 92.5. The predicted octanol–water partition coefficient (Wildman–Crippen LogP) is 24.9. The van der Waals surface area contributed by atoms with E-state index in [1.165, 1.54) is 52.1 Å². The first-order valence-corrected chi connectivity index (χ1v) is 47.8. The minimum Gasteiger partial charge on any atom is -0.497 e. The number of allylic oxidation sites excluding steroid dienone is 5. The van der Waals surface area contributed by atoms with Gasteiger partial charge in [-0.05, 0) is 218 Å². The van der Waals surface area contributed by atoms with Crippen molar-refractivity contribution < 1.29 is 56.6 Å². The number of thioether (sulfide) groups is 2. The molecule has 30 heteroatoms. The number of methoxy groups -OCH3 is 1. The summed E-state index contributed by atoms with van der Waals surface area (Å²) in [5, 5.41) is 21.8. The molecule has 18 rings (SSSR count). The summed E-state index contributed by atoms with van der Waals surface area (Å²) < 4.78 is 32.5. The lowest BCUT2D eigenvalue weighted by atomic mass is 10.0. The summed E-state index contributed by atoms with van der Waals surface area (Å²) in [7, 11) is 3.11. The van der Waals surface area contributed by atoms with Crippen molar-refractivity contribution in [3.05, 3.63) is 330 Å². The third kappa shape index (κ3) is 25.7. The van der Waals surface area contributed by atoms with E-state index in [9.17, 15) is 52.0 Å². The SMILES string of the molecule is C#Cc1ccc(-c2csc(C=C3NC(=S)CC3=O)c2)cc1.C=C(OC)c1cccc(-c2csc(C=C3NC(=S)CC3=O)c2)c1.C=C1CC(=O)C(=Cc2ccc(-c3ccccc3)s2)N1.CC(F)(F)c1ccc(-c2ccc(C=C3SC(=O)NC3=O)s2)cc1.CCc1cccc(-c2ccc(C=C3SC(=O)NC3=O)s2)c1.Cc1ccc(-c2csc(C=C3NC(=S)CC3=O)c2)cc1[N+](C)=O. The fraction of sp³-hybridized carbons (Fsp3) is 0.110. The van der Waals surface area contributed by atoms with E-state index in [-0.39, 0.29) is 51.5 Å². The number of thiophene rings is 6. The minimum atomic E-state index is -2.86. The van der Waals surface area contributed by atoms with Gasteiger partial charge in [-0.15, -0.1) is 74.4 Å². The second kappa shape index (κ2) is 43.7. The number of aryl methyl sites for hydroxylation is 2. The van der Waals surface area contributed by atoms with Crippen LogP contribution in [0.15, 0.2) is 268 Å². The Morgan fingerprint density at radius 3 is 1.32 bits per heavy atom. The minimum absolute atomic E-state index is 0.0237. The van der Waals surface area contributed by atoms with Crippen molar-refractivity contribution in [3.63, 3.8) is 0 Å². The van der Waals surface area contributed by atoms with Gasteiger partial charge in [0, 0.05) is 94.5 Å². The number of imide groups is 2. The topological polar surface area (TPSA) is 238 Å². The number of thiocarbonyl (C=S) groups is 3. The molecule has 6 fully saturated rings. The van der Waals surface area contributed by atoms with Crippen LogP contribution in [0.25, 0.3) is 107 Å². The number of carbonyl (C=O) groups excluding carboxylic acids is 8. The Hall–Kier alpha value is -12.6. The summed E-state index contributed by atoms with van der Waals surface area (Å²) >= 11 is 26.3. The van der Waals surface area contributed by atoms with Crippen LogP contribution < -0.4 is 31.9 Å². The molecule has 6 aliphatic rings. The molecule has 6 aliphatic heterocycles. The van der Waals surface area contributed by atoms with Crippen LogP contribution in [0.5, 0.6) is 0 Å². The largest absolute Gasteiger partial charge is 0.497 e. The maximum absolute atomic E-state index is 13.2. The number of terminal acetylenes is 1. The second-order valence-corrected chi connectivity index (χ2v) is 39.0. The number of nitrogens with zero attached hydrogens (tertiary/aromatic N) is 1. The van der Waals surface area contributed by atoms with E-state index in [0.717, 1.165) is 142 Å². The van der Waals surface area contributed by atoms with E-state index in [1.54, 1.807) is 88.1 Å². The molecule has 6 aromatic carbocycles. The summed E-state index contributed by atoms with van der Waals surface area (Å²) in [6.07, 6.45) is 18.5. The van der Waals surface area contributed by atoms with Crippen LogP contribution in [-0.4, -0.2) is 79.3 Å². The maximum atomic E-state index is 13.2. The van der Waals surface area contributed by atoms with E-state index < -0.39 is 11.8 Å². The van der Waals surface area contributed by atoms with Crippen molar-refractivity contribution >= 4 is 236 Å². The van der Waals surface area contributed by atoms with Crippen LogP contribution in [0.1, 0.15) is 96.6 Å². The molecule has 17 nitrogen and oxygen atoms in total. The summed E-state index contributed by atoms with van der Waals surface area (Å²) in [5.41, 5.74) is 17.4. The summed E-state index contributed by atoms with van der Waals surface area (Å²) in [4.78, 5) is 116. The van der Waals surface area contributed by atoms with Gasteiger partial charge in [0.25, 0.3) is 33.9 Å². The number of nitrogens with one attached hydrogen (secondary N) is 6. The molecule has 0 saturated carbocycles. The highest BCUT2D eigenvalue weighted by atomic mass is 32.2. The van der Waals surface area contributed by atoms with E-state index in [4.69, 9.17) is 47.8 Å². The first-order chi connectivity index (χ1) is 62.3. The number of benzene rings is 6. The van der Waals surface area contributed by atoms with Gasteiger partial charge in [-0.2, -0.15) is 0 Å². The zero-order valence-electron chi connectivity index (χ0n) is 70.1. The molecule has 652 valence electrons. The Bertz CT molecular complexity index is 6800. The van der Waals surface area contributed by atoms with Crippen molar-refractivity contribution in [1.82, 2.24) is 31.9 Å². The molecule has 0 atom stereocenters. The van der Waals surface area contributed by atoms with E-state index in [0.29, 0.717) is 78.3 Å². The van der Waals surface area contributed by atoms with E-state index >= 15 is 0 Å². The molecular formula is C100H78F2N7O10S11+. The lowest BCUT2D eigenvalue weighted by Crippen LogP contribution is -2.17. The highest BCUT2D eigenvalue weighted by molar-refractivity contribution is 8.18. The molecule has 130 heavy (non-hydrogen) atoms. The van der Waals surface area contributed by atoms with E-state index in [1.807, 2.05) is 158 Å². The molecule has 6 aromatic heterocycles. The number of halogens is 2. The quantitative estimate of drug-likeness (QED) is 0.0163. The van der Waals surface area contributed by atoms with Crippen LogP contribution in [-0.2, 0) is 45.8 Å². The first kappa shape index (κ1) is 95.0. The van der Waals surface area contributed by atoms with Gasteiger partial charge in [-0.25, -0.2) is 8.78 Å². The number of carbonyl (C=O) groups is 8. The van der Waals surface area contributed by atoms with Crippen LogP contribution in [0, 0.1) is 24.2 Å². The first-order valence-electron chi connectivity index (χ1n) is 39.8. The molecule has 0 unspecified atom stereocenters. The number of rotatable bonds is 17. The van der Waals surface area contributed by atoms with E-state index in [2.05, 4.69) is 123 Å². The summed E-state index contributed by atoms with van der Waals surface area (Å²) in [6.45, 7) is 12.6. The number of nitroso groups, excluding NO2 is 1. The lowest BCUT2D eigenvalue weighted by Gasteiger charge is -2.10. The van der Waals surface area contributed by atoms with Crippen LogP contribution in [0.2, 0.25) is 0 Å². The number of hydrogen-bond acceptors (Lipinski definition) is 22. The summed E-state index contributed by atoms with van der Waals surface area (Å²) in [6, 6.07) is 64.4. The maximum Gasteiger partial charge on any atom is 0.290 e. The Morgan fingerprint density at radius 1 is 0.477 bits per heavy atom. The lowest BCUT2D eigenvalue weighted by molar-refractivity contribution is -0.428. The van der Waals surface area contributed by atoms with Gasteiger partial charge < -0.3 is 26.0 Å². The fourth-order valence-corrected chi connectivity index (χ4v) is 20.7. The van der Waals surface area contributed by atoms with Crippen molar-refractivity contribution in [2.45, 2.75) is 58.8 Å². The third-order valence-corrected chi connectivity index (χ3v) is 28.0. The van der Waals surface area contributed by atoms with Crippen molar-refractivity contribution in [2.75, 3.05) is 14.2 Å². The second-order valence-electron chi connectivity index (χ2n) is 29.3. The molecule has 12 heterocycles. The number of Topliss-reactive ketones (excluding diaryl/α,β-unsaturated/α-hetero) is 4. The number of amides is 4. The Kier molecular flexibility index (Phi) is 31.9. The number of ether oxygens (including phenoxy) is 1. The molecule has 6 N–H and O–H groups in total. The fourth-order valence-electron chi connectivity index (χ4n) is 13.1. The number of ketones is 4. The smallest absolute Gasteiger partial charge is 0.290 e. The van der Waals surface area contributed by atoms with Gasteiger partial charge >= 0.3 is 0 Å². The Morgan fingerprint density at radius 2 is 0.892 bits per heavy atom. The third-order valence-electron chi connectivity index (χ3n) is 19.8. The monoisotopic (exact) mass is 1930 g/mol. The average molecular weight is 1930 g/mol. The molecule has 6 saturated heterocycles. The Balaban J connectivity index is 0.000000133. The van der Waals surface area contributed by atoms with Gasteiger partial charge in [-0.3, -0.25) is 49.0 Å². The highest BCUT2D eigenvalue weighted by Gasteiger charge is 2.30. The van der Waals surface area contributed by atoms with Crippen LogP contribution in [0.4, 0.5) is 24.1 Å². The standard InChI is InChI=1S/C18H15NO2S2.C17H14N2O2S2.C17H11NOS2.C16H11F2NO2S2.C16H13NO2S2.C16H13NOS/c1-11(21-2)12-4-3-5-13(6-12)14-7-15(23-10-14)8-16-17(20)9-18(22)19-16;1-10-3-4-11(6-15(10)19(2)21)12-5-13(23-9-12)7-14-16(20)8-17(22)18-14;1-2-11-3-5-12(6-4-11)13-7-14(21-10-13)8-15-16(19)9-17(20)18-15;1-16(17,18)10-4-2-9(3-5-10)12-7-6-11(22-12)8-13-14(20)19-15(21)23-13;1-2-10-4-3-5-11(8-10)13-7-6-12(20-13)9-14-15(18)17-16(19)21-14;1-11-9-15(18)14(17-11)10-13-7-8-16(19-13)12-5-3-2-4-6-12/h3-8,10H,1,9H2,2H3,(H,19,22);3-7,9H,8H2,1-2H3;1,3-8,10H,9H2,(H,18,20);2-8H,1H3,(H,19,20,21);3-9H,2H2,1H3,(H,17,18,19);2-8,10,17H,1,9H2/p+1. The van der Waals surface area contributed by atoms with Gasteiger partial charge in [0.05, 0.1) is 80.4 Å². The zero-order valence-corrected chi connectivity index (χ0v) is 79.0. The van der Waals surface area contributed by atoms with Gasteiger partial charge in [0.1, 0.15) is 5.76 Å². The summed E-state index contributed by atoms with van der Waals surface area (Å²) in [5.74, 6) is -0.0992. The molecule has 0 bridgehead atoms. The van der Waals surface area contributed by atoms with Crippen molar-refractivity contribution in [3.8, 4) is 77.0 Å². The van der Waals surface area contributed by atoms with Crippen molar-refractivity contribution in [2.24, 2.45) is 0 Å². The van der Waals surface area contributed by atoms with Crippen LogP contribution >= 0.6 is 128 Å². The van der Waals surface area contributed by atoms with Gasteiger partial charge in [-0.1, -0.05) is 184 Å². The highest BCUT2D eigenvalue weighted by Crippen LogP contribution is 2.40. The molecule has 0 spiro atoms. The molecule has 12 aromatic rings. The molecule has 0 aliphatic carbocycles. The number of hydrogen-bond donors (Lipinski definition) is 6. The number of alkyl halides is 2. The van der Waals surface area contributed by atoms with Gasteiger partial charge in [0.15, 0.2) is 30.2 Å². The van der Waals surface area contributed by atoms with Crippen molar-refractivity contribution in [1.29, 1.82) is 0 Å². The normalized spacial score (nSPS) is 16.4. The van der Waals surface area contributed by atoms with Gasteiger partial charge in [0.2, 0.25) is 0 Å². The van der Waals surface area contributed by atoms with Crippen LogP contribution in [0.3, 0.4) is 0 Å². The molecular weight excluding hydrogens is 1850 g/mol. The average Bonchev–Trinajstić information content (AvgIpc) is 1.58. The molecule has 0 radical (unpaired) electrons.